The fourth-order valence-electron chi connectivity index (χ4n) is 1.33. The van der Waals surface area contributed by atoms with Crippen molar-refractivity contribution in [3.05, 3.63) is 12.7 Å². The third-order valence-electron chi connectivity index (χ3n) is 2.66. The maximum absolute atomic E-state index is 10.1. The second-order valence-electron chi connectivity index (χ2n) is 4.59. The van der Waals surface area contributed by atoms with Gasteiger partial charge in [-0.25, -0.2) is 0 Å². The van der Waals surface area contributed by atoms with Crippen LogP contribution in [0, 0.1) is 12.8 Å². The van der Waals surface area contributed by atoms with Crippen molar-refractivity contribution in [2.45, 2.75) is 44.6 Å². The minimum absolute atomic E-state index is 0. The molecule has 0 radical (unpaired) electrons. The molecule has 128 valence electrons. The molecule has 0 aliphatic carbocycles. The number of carbonyl (C=O) groups is 2. The first-order valence-corrected chi connectivity index (χ1v) is 6.91. The molecule has 0 unspecified atom stereocenters. The molecule has 2 atom stereocenters. The van der Waals surface area contributed by atoms with E-state index < -0.39 is 23.9 Å². The van der Waals surface area contributed by atoms with Gasteiger partial charge in [0, 0.05) is 11.9 Å². The molecular formula is C13H29MgN3O5. The first kappa shape index (κ1) is 29.5. The van der Waals surface area contributed by atoms with Crippen LogP contribution in [0.25, 0.3) is 5.73 Å². The van der Waals surface area contributed by atoms with Gasteiger partial charge in [0.2, 0.25) is 0 Å². The van der Waals surface area contributed by atoms with Crippen molar-refractivity contribution >= 4 is 35.0 Å². The summed E-state index contributed by atoms with van der Waals surface area (Å²) in [4.78, 5) is 20.1. The minimum Gasteiger partial charge on any atom is -0.670 e. The predicted octanol–water partition coefficient (Wildman–Crippen LogP) is -4.04. The number of rotatable bonds is 10. The van der Waals surface area contributed by atoms with Gasteiger partial charge in [-0.2, -0.15) is 0 Å². The van der Waals surface area contributed by atoms with Crippen molar-refractivity contribution in [3.63, 3.8) is 0 Å². The number of carboxylic acids is 2. The Bertz CT molecular complexity index is 244. The van der Waals surface area contributed by atoms with E-state index >= 15 is 0 Å². The Labute approximate surface area is 148 Å². The van der Waals surface area contributed by atoms with Crippen molar-refractivity contribution in [3.8, 4) is 0 Å². The number of hydrogen-bond donors (Lipinski definition) is 2. The van der Waals surface area contributed by atoms with Crippen LogP contribution in [0.4, 0.5) is 0 Å². The molecule has 0 fully saturated rings. The van der Waals surface area contributed by atoms with E-state index in [1.165, 1.54) is 0 Å². The van der Waals surface area contributed by atoms with Crippen molar-refractivity contribution in [1.29, 1.82) is 0 Å². The van der Waals surface area contributed by atoms with Gasteiger partial charge in [0.05, 0.1) is 13.1 Å². The summed E-state index contributed by atoms with van der Waals surface area (Å²) in [5, 5.41) is 20.1. The summed E-state index contributed by atoms with van der Waals surface area (Å²) in [6, 6.07) is -1.05. The molecule has 0 saturated carbocycles. The number of quaternary nitrogens is 2. The summed E-state index contributed by atoms with van der Waals surface area (Å²) in [5.41, 5.74) is 14.2. The van der Waals surface area contributed by atoms with Crippen LogP contribution in [0.2, 0.25) is 0 Å². The number of aliphatic carboxylic acids is 2. The average molecular weight is 332 g/mol. The molecule has 0 bridgehead atoms. The van der Waals surface area contributed by atoms with Gasteiger partial charge in [0.15, 0.2) is 0 Å². The summed E-state index contributed by atoms with van der Waals surface area (Å²) in [5.74, 6) is -2.88. The van der Waals surface area contributed by atoms with Crippen molar-refractivity contribution in [2.24, 2.45) is 5.92 Å². The molecular weight excluding hydrogens is 302 g/mol. The largest absolute Gasteiger partial charge is 2.00 e. The van der Waals surface area contributed by atoms with Gasteiger partial charge < -0.3 is 49.4 Å². The Morgan fingerprint density at radius 1 is 0.955 bits per heavy atom. The molecule has 9 heteroatoms. The van der Waals surface area contributed by atoms with Crippen LogP contribution in [0.1, 0.15) is 38.5 Å². The maximum Gasteiger partial charge on any atom is 2.00 e. The number of hydrogen-bond acceptors (Lipinski definition) is 4. The third kappa shape index (κ3) is 21.8. The van der Waals surface area contributed by atoms with E-state index in [9.17, 15) is 19.8 Å². The SMILES string of the molecule is O.[CH2-][C@@H](CCCC[NH3+])C(=O)[O-].[Mg+2].[NH-][C@@H](CCCC[NH3+])C(=O)[O-]. The summed E-state index contributed by atoms with van der Waals surface area (Å²) in [6.45, 7) is 5.09. The van der Waals surface area contributed by atoms with E-state index in [0.29, 0.717) is 12.8 Å². The first-order valence-electron chi connectivity index (χ1n) is 6.91. The van der Waals surface area contributed by atoms with E-state index in [2.05, 4.69) is 18.4 Å². The van der Waals surface area contributed by atoms with Crippen molar-refractivity contribution < 1.29 is 36.7 Å². The standard InChI is InChI=1S/C7H14NO2.C6H13N2O2.Mg.H2O/c1-6(7(9)10)4-2-3-5-8;7-4-2-1-3-5(8)6(9)10;;/h6H,1-5,8H2,(H,9,10);5,8H,1-4,7H2,(H,9,10);;1H2/q2*-1;+2;/t6-;5-;;/m00../s1. The van der Waals surface area contributed by atoms with Gasteiger partial charge in [-0.3, -0.25) is 0 Å². The molecule has 0 aliphatic rings. The zero-order valence-corrected chi connectivity index (χ0v) is 14.7. The Balaban J connectivity index is -0.000000135. The van der Waals surface area contributed by atoms with Crippen LogP contribution in [0.3, 0.4) is 0 Å². The topological polar surface area (TPSA) is 191 Å². The smallest absolute Gasteiger partial charge is 0.670 e. The fourth-order valence-corrected chi connectivity index (χ4v) is 1.33. The number of unbranched alkanes of at least 4 members (excludes halogenated alkanes) is 2. The zero-order chi connectivity index (χ0) is 16.0. The number of carbonyl (C=O) groups excluding carboxylic acids is 2. The molecule has 0 rings (SSSR count). The first-order chi connectivity index (χ1) is 9.36. The molecule has 0 heterocycles. The molecule has 9 N–H and O–H groups in total. The van der Waals surface area contributed by atoms with Gasteiger partial charge >= 0.3 is 23.1 Å². The predicted molar refractivity (Wildman–Crippen MR) is 79.6 cm³/mol. The molecule has 0 spiro atoms. The van der Waals surface area contributed by atoms with E-state index in [-0.39, 0.29) is 28.5 Å². The minimum atomic E-state index is -1.27. The van der Waals surface area contributed by atoms with Crippen LogP contribution in [0.15, 0.2) is 0 Å². The van der Waals surface area contributed by atoms with Crippen LogP contribution in [0.5, 0.6) is 0 Å². The number of nitrogens with one attached hydrogen (secondary N) is 1. The number of carboxylic acid groups (broad SMARTS) is 2. The normalized spacial score (nSPS) is 11.8. The van der Waals surface area contributed by atoms with E-state index in [1.807, 2.05) is 0 Å². The van der Waals surface area contributed by atoms with Crippen molar-refractivity contribution in [1.82, 2.24) is 0 Å². The Kier molecular flexibility index (Phi) is 27.6. The fraction of sp³-hybridized carbons (Fsp3) is 0.769. The summed E-state index contributed by atoms with van der Waals surface area (Å²) < 4.78 is 0. The Hall–Kier alpha value is -0.454. The van der Waals surface area contributed by atoms with Gasteiger partial charge in [-0.05, 0) is 25.7 Å². The molecule has 0 aromatic carbocycles. The molecule has 0 aromatic heterocycles. The Morgan fingerprint density at radius 2 is 1.36 bits per heavy atom. The second-order valence-corrected chi connectivity index (χ2v) is 4.59. The molecule has 0 amide bonds. The maximum atomic E-state index is 10.1. The summed E-state index contributed by atoms with van der Waals surface area (Å²) in [6.07, 6.45) is 4.49. The average Bonchev–Trinajstić information content (AvgIpc) is 2.39. The van der Waals surface area contributed by atoms with Crippen LogP contribution >= 0.6 is 0 Å². The molecule has 0 saturated heterocycles. The quantitative estimate of drug-likeness (QED) is 0.234. The zero-order valence-electron chi connectivity index (χ0n) is 13.3. The van der Waals surface area contributed by atoms with E-state index in [0.717, 1.165) is 38.8 Å². The second kappa shape index (κ2) is 20.5. The van der Waals surface area contributed by atoms with Crippen LogP contribution in [-0.2, 0) is 9.59 Å². The third-order valence-corrected chi connectivity index (χ3v) is 2.66. The molecule has 22 heavy (non-hydrogen) atoms. The van der Waals surface area contributed by atoms with Gasteiger partial charge in [0.1, 0.15) is 0 Å². The Morgan fingerprint density at radius 3 is 1.68 bits per heavy atom. The van der Waals surface area contributed by atoms with E-state index in [1.54, 1.807) is 0 Å². The van der Waals surface area contributed by atoms with Crippen molar-refractivity contribution in [2.75, 3.05) is 13.1 Å². The molecule has 0 aromatic rings. The van der Waals surface area contributed by atoms with E-state index in [4.69, 9.17) is 5.73 Å². The van der Waals surface area contributed by atoms with Crippen LogP contribution < -0.4 is 21.7 Å². The summed E-state index contributed by atoms with van der Waals surface area (Å²) >= 11 is 0. The summed E-state index contributed by atoms with van der Waals surface area (Å²) in [7, 11) is 0. The van der Waals surface area contributed by atoms with Gasteiger partial charge in [-0.15, -0.1) is 5.92 Å². The monoisotopic (exact) mass is 331 g/mol. The van der Waals surface area contributed by atoms with Crippen LogP contribution in [-0.4, -0.2) is 59.6 Å². The van der Waals surface area contributed by atoms with Gasteiger partial charge in [0.25, 0.3) is 0 Å². The van der Waals surface area contributed by atoms with Gasteiger partial charge in [-0.1, -0.05) is 18.9 Å². The molecule has 8 nitrogen and oxygen atoms in total. The molecule has 0 aliphatic heterocycles.